The Hall–Kier alpha value is -1.75. The van der Waals surface area contributed by atoms with Crippen molar-refractivity contribution in [1.29, 1.82) is 0 Å². The fourth-order valence-electron chi connectivity index (χ4n) is 1.39. The molecule has 2 aromatic rings. The van der Waals surface area contributed by atoms with Crippen LogP contribution in [-0.2, 0) is 6.18 Å². The van der Waals surface area contributed by atoms with E-state index in [2.05, 4.69) is 0 Å². The van der Waals surface area contributed by atoms with Crippen LogP contribution in [0.4, 0.5) is 13.2 Å². The van der Waals surface area contributed by atoms with Crippen molar-refractivity contribution in [2.75, 3.05) is 0 Å². The summed E-state index contributed by atoms with van der Waals surface area (Å²) < 4.78 is 41.9. The van der Waals surface area contributed by atoms with Crippen LogP contribution in [-0.4, -0.2) is 5.78 Å². The summed E-state index contributed by atoms with van der Waals surface area (Å²) in [4.78, 5) is 11.8. The first-order chi connectivity index (χ1) is 8.38. The Morgan fingerprint density at radius 3 is 2.11 bits per heavy atom. The molecule has 0 N–H and O–H groups in total. The van der Waals surface area contributed by atoms with Crippen molar-refractivity contribution in [3.63, 3.8) is 0 Å². The number of rotatable bonds is 2. The lowest BCUT2D eigenvalue weighted by molar-refractivity contribution is -0.137. The summed E-state index contributed by atoms with van der Waals surface area (Å²) in [7, 11) is 0. The van der Waals surface area contributed by atoms with Crippen LogP contribution in [0.1, 0.15) is 21.7 Å². The highest BCUT2D eigenvalue weighted by Crippen LogP contribution is 2.29. The number of hydrogen-bond donors (Lipinski definition) is 0. The number of benzene rings is 1. The molecule has 1 heterocycles. The van der Waals surface area contributed by atoms with Gasteiger partial charge in [-0.05, 0) is 35.9 Å². The van der Waals surface area contributed by atoms with Gasteiger partial charge in [-0.3, -0.25) is 4.79 Å². The molecule has 0 unspecified atom stereocenters. The molecule has 6 heteroatoms. The molecule has 0 spiro atoms. The lowest BCUT2D eigenvalue weighted by atomic mass is 10.1. The molecule has 2 rings (SSSR count). The summed E-state index contributed by atoms with van der Waals surface area (Å²) in [6, 6.07) is 6.64. The van der Waals surface area contributed by atoms with E-state index < -0.39 is 17.5 Å². The first-order valence-corrected chi connectivity index (χ1v) is 5.23. The Labute approximate surface area is 105 Å². The predicted molar refractivity (Wildman–Crippen MR) is 58.6 cm³/mol. The van der Waals surface area contributed by atoms with Gasteiger partial charge in [-0.1, -0.05) is 12.1 Å². The number of carbonyl (C=O) groups excluding carboxylic acids is 1. The lowest BCUT2D eigenvalue weighted by Gasteiger charge is -2.06. The predicted octanol–water partition coefficient (Wildman–Crippen LogP) is 4.18. The summed E-state index contributed by atoms with van der Waals surface area (Å²) in [5, 5.41) is 0.0465. The van der Waals surface area contributed by atoms with Gasteiger partial charge in [-0.25, -0.2) is 0 Å². The van der Waals surface area contributed by atoms with E-state index in [0.717, 1.165) is 24.3 Å². The molecule has 0 atom stereocenters. The molecular weight excluding hydrogens is 269 g/mol. The van der Waals surface area contributed by atoms with Gasteiger partial charge in [0.15, 0.2) is 11.0 Å². The maximum atomic E-state index is 12.3. The molecule has 0 aliphatic carbocycles. The van der Waals surface area contributed by atoms with Crippen molar-refractivity contribution in [3.8, 4) is 0 Å². The number of alkyl halides is 3. The van der Waals surface area contributed by atoms with E-state index in [1.165, 1.54) is 12.1 Å². The molecule has 1 aromatic carbocycles. The molecule has 0 fully saturated rings. The zero-order valence-corrected chi connectivity index (χ0v) is 9.55. The van der Waals surface area contributed by atoms with Crippen LogP contribution in [0.2, 0.25) is 5.22 Å². The van der Waals surface area contributed by atoms with Crippen LogP contribution in [0.3, 0.4) is 0 Å². The number of hydrogen-bond acceptors (Lipinski definition) is 2. The molecule has 2 nitrogen and oxygen atoms in total. The molecular formula is C12H6ClF3O2. The monoisotopic (exact) mass is 274 g/mol. The van der Waals surface area contributed by atoms with Gasteiger partial charge in [0.25, 0.3) is 0 Å². The second-order valence-corrected chi connectivity index (χ2v) is 3.88. The molecule has 18 heavy (non-hydrogen) atoms. The van der Waals surface area contributed by atoms with E-state index in [9.17, 15) is 18.0 Å². The average molecular weight is 275 g/mol. The largest absolute Gasteiger partial charge is 0.441 e. The summed E-state index contributed by atoms with van der Waals surface area (Å²) in [5.41, 5.74) is -0.703. The molecule has 0 bridgehead atoms. The summed E-state index contributed by atoms with van der Waals surface area (Å²) in [5.74, 6) is -0.532. The van der Waals surface area contributed by atoms with Crippen LogP contribution >= 0.6 is 11.6 Å². The van der Waals surface area contributed by atoms with Gasteiger partial charge in [-0.15, -0.1) is 0 Å². The topological polar surface area (TPSA) is 30.2 Å². The van der Waals surface area contributed by atoms with E-state index in [0.29, 0.717) is 0 Å². The van der Waals surface area contributed by atoms with Crippen LogP contribution in [0.5, 0.6) is 0 Å². The van der Waals surface area contributed by atoms with Crippen LogP contribution < -0.4 is 0 Å². The summed E-state index contributed by atoms with van der Waals surface area (Å²) in [6.07, 6.45) is -4.42. The molecule has 0 aliphatic rings. The molecule has 0 saturated heterocycles. The summed E-state index contributed by atoms with van der Waals surface area (Å²) in [6.45, 7) is 0. The molecule has 0 saturated carbocycles. The van der Waals surface area contributed by atoms with Crippen LogP contribution in [0.15, 0.2) is 40.8 Å². The van der Waals surface area contributed by atoms with E-state index in [1.54, 1.807) is 0 Å². The maximum Gasteiger partial charge on any atom is 0.416 e. The maximum absolute atomic E-state index is 12.3. The minimum absolute atomic E-state index is 0.0141. The van der Waals surface area contributed by atoms with Crippen molar-refractivity contribution in [2.24, 2.45) is 0 Å². The zero-order valence-electron chi connectivity index (χ0n) is 8.79. The second kappa shape index (κ2) is 4.49. The quantitative estimate of drug-likeness (QED) is 0.769. The zero-order chi connectivity index (χ0) is 13.3. The molecule has 1 aromatic heterocycles. The van der Waals surface area contributed by atoms with Gasteiger partial charge in [0.05, 0.1) is 5.56 Å². The average Bonchev–Trinajstić information content (AvgIpc) is 2.74. The van der Waals surface area contributed by atoms with E-state index in [4.69, 9.17) is 16.0 Å². The Bertz CT molecular complexity index is 570. The highest BCUT2D eigenvalue weighted by molar-refractivity contribution is 6.29. The number of ketones is 1. The molecule has 0 amide bonds. The standard InChI is InChI=1S/C12H6ClF3O2/c13-10-6-5-9(18-10)11(17)7-1-3-8(4-2-7)12(14,15)16/h1-6H. The van der Waals surface area contributed by atoms with Gasteiger partial charge in [0.2, 0.25) is 5.78 Å². The van der Waals surface area contributed by atoms with E-state index >= 15 is 0 Å². The third kappa shape index (κ3) is 2.56. The van der Waals surface area contributed by atoms with Crippen LogP contribution in [0.25, 0.3) is 0 Å². The van der Waals surface area contributed by atoms with Crippen molar-refractivity contribution in [2.45, 2.75) is 6.18 Å². The first kappa shape index (κ1) is 12.7. The highest BCUT2D eigenvalue weighted by atomic mass is 35.5. The van der Waals surface area contributed by atoms with Gasteiger partial charge in [0.1, 0.15) is 0 Å². The molecule has 0 radical (unpaired) electrons. The summed E-state index contributed by atoms with van der Waals surface area (Å²) >= 11 is 5.51. The SMILES string of the molecule is O=C(c1ccc(C(F)(F)F)cc1)c1ccc(Cl)o1. The van der Waals surface area contributed by atoms with Gasteiger partial charge >= 0.3 is 6.18 Å². The highest BCUT2D eigenvalue weighted by Gasteiger charge is 2.30. The Balaban J connectivity index is 2.28. The fourth-order valence-corrected chi connectivity index (χ4v) is 1.54. The van der Waals surface area contributed by atoms with Gasteiger partial charge in [0, 0.05) is 5.56 Å². The van der Waals surface area contributed by atoms with Crippen molar-refractivity contribution in [3.05, 3.63) is 58.5 Å². The van der Waals surface area contributed by atoms with Crippen molar-refractivity contribution < 1.29 is 22.4 Å². The third-order valence-corrected chi connectivity index (χ3v) is 2.47. The number of furan rings is 1. The Kier molecular flexibility index (Phi) is 3.17. The van der Waals surface area contributed by atoms with Crippen LogP contribution in [0, 0.1) is 0 Å². The second-order valence-electron chi connectivity index (χ2n) is 3.51. The normalized spacial score (nSPS) is 11.6. The Morgan fingerprint density at radius 2 is 1.67 bits per heavy atom. The van der Waals surface area contributed by atoms with Gasteiger partial charge < -0.3 is 4.42 Å². The minimum atomic E-state index is -4.42. The first-order valence-electron chi connectivity index (χ1n) is 4.85. The van der Waals surface area contributed by atoms with Crippen molar-refractivity contribution >= 4 is 17.4 Å². The van der Waals surface area contributed by atoms with E-state index in [-0.39, 0.29) is 16.5 Å². The van der Waals surface area contributed by atoms with Gasteiger partial charge in [-0.2, -0.15) is 13.2 Å². The van der Waals surface area contributed by atoms with Crippen molar-refractivity contribution in [1.82, 2.24) is 0 Å². The van der Waals surface area contributed by atoms with E-state index in [1.807, 2.05) is 0 Å². The fraction of sp³-hybridized carbons (Fsp3) is 0.0833. The third-order valence-electron chi connectivity index (χ3n) is 2.27. The Morgan fingerprint density at radius 1 is 1.06 bits per heavy atom. The number of halogens is 4. The minimum Gasteiger partial charge on any atom is -0.441 e. The molecule has 94 valence electrons. The lowest BCUT2D eigenvalue weighted by Crippen LogP contribution is -2.06. The smallest absolute Gasteiger partial charge is 0.416 e. The number of carbonyl (C=O) groups is 1. The molecule has 0 aliphatic heterocycles.